The molecular formula is C19H16KN7O2Y-2. The molecule has 0 aliphatic heterocycles. The first kappa shape index (κ1) is 25.1. The number of H-pyrrole nitrogens is 1. The quantitative estimate of drug-likeness (QED) is 0.232. The fourth-order valence-corrected chi connectivity index (χ4v) is 2.71. The predicted octanol–water partition coefficient (Wildman–Crippen LogP) is -0.896. The van der Waals surface area contributed by atoms with Crippen LogP contribution in [0.1, 0.15) is 0 Å². The van der Waals surface area contributed by atoms with Crippen LogP contribution in [0.5, 0.6) is 5.75 Å². The normalized spacial score (nSPS) is 10.1. The molecule has 145 valence electrons. The zero-order valence-corrected chi connectivity index (χ0v) is 22.5. The number of rotatable bonds is 6. The molecule has 1 aromatic carbocycles. The van der Waals surface area contributed by atoms with Crippen LogP contribution in [0.4, 0.5) is 17.3 Å². The summed E-state index contributed by atoms with van der Waals surface area (Å²) in [6, 6.07) is 8.49. The minimum atomic E-state index is -0.339. The van der Waals surface area contributed by atoms with Crippen LogP contribution < -0.4 is 72.3 Å². The van der Waals surface area contributed by atoms with Crippen molar-refractivity contribution in [2.75, 3.05) is 24.3 Å². The van der Waals surface area contributed by atoms with E-state index >= 15 is 0 Å². The molecule has 9 nitrogen and oxygen atoms in total. The number of ether oxygens (including phenoxy) is 1. The first-order chi connectivity index (χ1) is 13.7. The zero-order valence-electron chi connectivity index (χ0n) is 16.6. The van der Waals surface area contributed by atoms with Crippen LogP contribution in [-0.4, -0.2) is 38.4 Å². The zero-order chi connectivity index (χ0) is 19.5. The van der Waals surface area contributed by atoms with Gasteiger partial charge in [-0.1, -0.05) is 18.0 Å². The summed E-state index contributed by atoms with van der Waals surface area (Å²) in [6.45, 7) is 4.29. The van der Waals surface area contributed by atoms with Gasteiger partial charge in [0.25, 0.3) is 5.56 Å². The van der Waals surface area contributed by atoms with Crippen molar-refractivity contribution in [2.24, 2.45) is 0 Å². The van der Waals surface area contributed by atoms with E-state index in [4.69, 9.17) is 4.74 Å². The Kier molecular flexibility index (Phi) is 9.61. The Morgan fingerprint density at radius 2 is 2.17 bits per heavy atom. The Labute approximate surface area is 240 Å². The van der Waals surface area contributed by atoms with Crippen molar-refractivity contribution in [3.8, 4) is 11.4 Å². The fourth-order valence-electron chi connectivity index (χ4n) is 2.71. The van der Waals surface area contributed by atoms with Crippen molar-refractivity contribution >= 4 is 28.2 Å². The van der Waals surface area contributed by atoms with Crippen LogP contribution in [-0.2, 0) is 32.7 Å². The molecule has 11 heteroatoms. The molecule has 0 aliphatic carbocycles. The summed E-state index contributed by atoms with van der Waals surface area (Å²) in [5.74, 6) is 1.21. The van der Waals surface area contributed by atoms with Gasteiger partial charge in [0, 0.05) is 50.9 Å². The summed E-state index contributed by atoms with van der Waals surface area (Å²) in [5.41, 5.74) is 1.86. The van der Waals surface area contributed by atoms with Gasteiger partial charge >= 0.3 is 51.4 Å². The molecule has 3 N–H and O–H groups in total. The Balaban J connectivity index is 0.00000160. The molecular weight excluding hydrogens is 486 g/mol. The van der Waals surface area contributed by atoms with Gasteiger partial charge < -0.3 is 36.9 Å². The molecule has 0 atom stereocenters. The Morgan fingerprint density at radius 3 is 2.90 bits per heavy atom. The molecule has 0 aliphatic rings. The van der Waals surface area contributed by atoms with Crippen molar-refractivity contribution in [1.82, 2.24) is 24.7 Å². The van der Waals surface area contributed by atoms with E-state index in [1.807, 2.05) is 6.07 Å². The maximum absolute atomic E-state index is 11.8. The van der Waals surface area contributed by atoms with Crippen LogP contribution in [0.25, 0.3) is 16.6 Å². The van der Waals surface area contributed by atoms with Gasteiger partial charge in [0.05, 0.1) is 7.11 Å². The van der Waals surface area contributed by atoms with Gasteiger partial charge in [0.1, 0.15) is 5.82 Å². The van der Waals surface area contributed by atoms with E-state index in [0.717, 1.165) is 11.2 Å². The minimum absolute atomic E-state index is 0. The summed E-state index contributed by atoms with van der Waals surface area (Å²) >= 11 is 0. The molecule has 0 unspecified atom stereocenters. The van der Waals surface area contributed by atoms with Crippen molar-refractivity contribution < 1.29 is 88.8 Å². The number of nitrogens with one attached hydrogen (secondary N) is 3. The molecule has 4 rings (SSSR count). The number of aromatic nitrogens is 5. The number of hydrogen-bond acceptors (Lipinski definition) is 7. The van der Waals surface area contributed by atoms with Crippen LogP contribution >= 0.6 is 0 Å². The third kappa shape index (κ3) is 5.37. The number of anilines is 3. The van der Waals surface area contributed by atoms with Crippen molar-refractivity contribution in [2.45, 2.75) is 0 Å². The molecule has 0 spiro atoms. The van der Waals surface area contributed by atoms with E-state index in [0.29, 0.717) is 29.2 Å². The van der Waals surface area contributed by atoms with Crippen LogP contribution in [0.2, 0.25) is 0 Å². The van der Waals surface area contributed by atoms with E-state index in [1.54, 1.807) is 30.1 Å². The molecule has 1 radical (unpaired) electrons. The van der Waals surface area contributed by atoms with E-state index in [-0.39, 0.29) is 95.5 Å². The van der Waals surface area contributed by atoms with Gasteiger partial charge in [-0.3, -0.25) is 9.89 Å². The van der Waals surface area contributed by atoms with E-state index < -0.39 is 0 Å². The Hall–Kier alpha value is -1.14. The van der Waals surface area contributed by atoms with E-state index in [9.17, 15) is 4.79 Å². The maximum atomic E-state index is 11.8. The molecule has 3 aromatic heterocycles. The van der Waals surface area contributed by atoms with Crippen molar-refractivity contribution in [1.29, 1.82) is 0 Å². The van der Waals surface area contributed by atoms with Gasteiger partial charge in [-0.05, 0) is 17.4 Å². The largest absolute Gasteiger partial charge is 1.00 e. The molecule has 0 bridgehead atoms. The Bertz CT molecular complexity index is 1190. The number of aromatic amines is 1. The average molecular weight is 502 g/mol. The van der Waals surface area contributed by atoms with Gasteiger partial charge in [-0.2, -0.15) is 6.07 Å². The predicted molar refractivity (Wildman–Crippen MR) is 105 cm³/mol. The van der Waals surface area contributed by atoms with Gasteiger partial charge in [-0.15, -0.1) is 24.1 Å². The van der Waals surface area contributed by atoms with Crippen molar-refractivity contribution in [3.63, 3.8) is 0 Å². The average Bonchev–Trinajstić information content (AvgIpc) is 3.13. The molecule has 4 aromatic rings. The summed E-state index contributed by atoms with van der Waals surface area (Å²) < 4.78 is 7.18. The minimum Gasteiger partial charge on any atom is -0.520 e. The smallest absolute Gasteiger partial charge is 0.520 e. The molecule has 0 amide bonds. The van der Waals surface area contributed by atoms with Gasteiger partial charge in [0.2, 0.25) is 0 Å². The van der Waals surface area contributed by atoms with E-state index in [1.165, 1.54) is 12.4 Å². The van der Waals surface area contributed by atoms with E-state index in [2.05, 4.69) is 49.9 Å². The van der Waals surface area contributed by atoms with Crippen molar-refractivity contribution in [3.05, 3.63) is 66.3 Å². The van der Waals surface area contributed by atoms with Crippen LogP contribution in [0, 0.1) is 19.2 Å². The third-order valence-corrected chi connectivity index (χ3v) is 3.99. The molecule has 0 fully saturated rings. The van der Waals surface area contributed by atoms with Crippen LogP contribution in [0.15, 0.2) is 41.6 Å². The van der Waals surface area contributed by atoms with Crippen LogP contribution in [0.3, 0.4) is 0 Å². The monoisotopic (exact) mass is 502 g/mol. The number of methoxy groups -OCH3 is 1. The molecule has 3 heterocycles. The SMILES string of the molecule is [CH2-]CNc1[c-]cc(-n2n[c-]c3cnc(Nc4ncc[nH]c4=O)cc32)c(OC)c1.[K+].[Y]. The summed E-state index contributed by atoms with van der Waals surface area (Å²) in [7, 11) is 1.59. The molecule has 0 saturated heterocycles. The first-order valence-electron chi connectivity index (χ1n) is 8.40. The number of hydrogen-bond donors (Lipinski definition) is 3. The second kappa shape index (κ2) is 11.5. The number of benzene rings is 1. The molecule has 0 saturated carbocycles. The number of fused-ring (bicyclic) bond motifs is 1. The number of nitrogens with zero attached hydrogens (tertiary/aromatic N) is 4. The standard InChI is InChI=1S/C19H16N7O2.K.Y/c1-3-20-13-4-5-14(16(8-13)28-2)26-15-9-17(23-10-12(15)11-24-26)25-18-19(27)22-7-6-21-18;;/h5-10,20H,1,3H2,2H3,(H,22,27)(H,21,23,25);;/q-3;+1;. The van der Waals surface area contributed by atoms with Gasteiger partial charge in [0.15, 0.2) is 5.82 Å². The summed E-state index contributed by atoms with van der Waals surface area (Å²) in [6.07, 6.45) is 7.49. The summed E-state index contributed by atoms with van der Waals surface area (Å²) in [5, 5.41) is 11.0. The third-order valence-electron chi connectivity index (χ3n) is 3.99. The maximum Gasteiger partial charge on any atom is 1.00 e. The molecule has 30 heavy (non-hydrogen) atoms. The fraction of sp³-hybridized carbons (Fsp3) is 0.105. The Morgan fingerprint density at radius 1 is 1.33 bits per heavy atom. The number of pyridine rings is 1. The second-order valence-corrected chi connectivity index (χ2v) is 5.73. The topological polar surface area (TPSA) is 110 Å². The summed E-state index contributed by atoms with van der Waals surface area (Å²) in [4.78, 5) is 22.7. The first-order valence-corrected chi connectivity index (χ1v) is 8.40. The second-order valence-electron chi connectivity index (χ2n) is 5.73. The van der Waals surface area contributed by atoms with Gasteiger partial charge in [-0.25, -0.2) is 4.98 Å².